The van der Waals surface area contributed by atoms with Crippen molar-refractivity contribution in [2.45, 2.75) is 31.8 Å². The van der Waals surface area contributed by atoms with Crippen molar-refractivity contribution < 1.29 is 0 Å². The molecule has 1 aromatic heterocycles. The lowest BCUT2D eigenvalue weighted by molar-refractivity contribution is 0.0935. The van der Waals surface area contributed by atoms with E-state index in [0.29, 0.717) is 12.6 Å². The molecule has 0 bridgehead atoms. The van der Waals surface area contributed by atoms with E-state index in [2.05, 4.69) is 21.8 Å². The van der Waals surface area contributed by atoms with Gasteiger partial charge in [-0.15, -0.1) is 0 Å². The van der Waals surface area contributed by atoms with Crippen molar-refractivity contribution in [1.29, 1.82) is 0 Å². The molecule has 0 amide bonds. The molecule has 1 aromatic rings. The van der Waals surface area contributed by atoms with Crippen LogP contribution in [0.1, 0.15) is 30.1 Å². The second-order valence-corrected chi connectivity index (χ2v) is 5.86. The third-order valence-corrected chi connectivity index (χ3v) is 4.71. The summed E-state index contributed by atoms with van der Waals surface area (Å²) in [4.78, 5) is 5.17. The van der Waals surface area contributed by atoms with Gasteiger partial charge in [-0.2, -0.15) is 5.10 Å². The summed E-state index contributed by atoms with van der Waals surface area (Å²) in [5.41, 5.74) is 8.56. The molecule has 1 saturated carbocycles. The standard InChI is InChI=1S/C14H25N5/c1-11-13(10-16-17(11)2)14(9-15)19-7-5-18(6-8-19)12-3-4-12/h10,12,14H,3-9,15H2,1-2H3. The zero-order chi connectivity index (χ0) is 13.4. The highest BCUT2D eigenvalue weighted by molar-refractivity contribution is 5.21. The number of hydrogen-bond acceptors (Lipinski definition) is 4. The lowest BCUT2D eigenvalue weighted by atomic mass is 10.1. The molecule has 1 aliphatic heterocycles. The minimum atomic E-state index is 0.329. The average Bonchev–Trinajstić information content (AvgIpc) is 3.22. The van der Waals surface area contributed by atoms with Gasteiger partial charge in [-0.3, -0.25) is 14.5 Å². The van der Waals surface area contributed by atoms with E-state index in [0.717, 1.165) is 19.1 Å². The highest BCUT2D eigenvalue weighted by Gasteiger charge is 2.33. The van der Waals surface area contributed by atoms with Crippen LogP contribution in [-0.4, -0.2) is 58.3 Å². The Balaban J connectivity index is 1.67. The third kappa shape index (κ3) is 2.55. The molecule has 1 atom stereocenters. The molecule has 2 heterocycles. The van der Waals surface area contributed by atoms with Crippen molar-refractivity contribution in [3.63, 3.8) is 0 Å². The summed E-state index contributed by atoms with van der Waals surface area (Å²) in [5.74, 6) is 0. The predicted molar refractivity (Wildman–Crippen MR) is 75.9 cm³/mol. The molecule has 106 valence electrons. The van der Waals surface area contributed by atoms with E-state index in [9.17, 15) is 0 Å². The van der Waals surface area contributed by atoms with Crippen molar-refractivity contribution in [2.24, 2.45) is 12.8 Å². The van der Waals surface area contributed by atoms with Crippen LogP contribution >= 0.6 is 0 Å². The van der Waals surface area contributed by atoms with E-state index in [1.54, 1.807) is 0 Å². The van der Waals surface area contributed by atoms with Crippen LogP contribution in [0.5, 0.6) is 0 Å². The van der Waals surface area contributed by atoms with Gasteiger partial charge in [0, 0.05) is 57.1 Å². The van der Waals surface area contributed by atoms with Crippen molar-refractivity contribution >= 4 is 0 Å². The van der Waals surface area contributed by atoms with Gasteiger partial charge in [-0.1, -0.05) is 0 Å². The van der Waals surface area contributed by atoms with E-state index in [4.69, 9.17) is 5.73 Å². The Bertz CT molecular complexity index is 429. The molecule has 1 unspecified atom stereocenters. The molecule has 0 aromatic carbocycles. The van der Waals surface area contributed by atoms with Gasteiger partial charge in [0.25, 0.3) is 0 Å². The Hall–Kier alpha value is -0.910. The van der Waals surface area contributed by atoms with Crippen molar-refractivity contribution in [2.75, 3.05) is 32.7 Å². The largest absolute Gasteiger partial charge is 0.329 e. The number of aryl methyl sites for hydroxylation is 1. The summed E-state index contributed by atoms with van der Waals surface area (Å²) in [5, 5.41) is 4.36. The van der Waals surface area contributed by atoms with Crippen LogP contribution in [0.15, 0.2) is 6.20 Å². The maximum absolute atomic E-state index is 6.03. The normalized spacial score (nSPS) is 23.7. The van der Waals surface area contributed by atoms with Crippen LogP contribution in [0, 0.1) is 6.92 Å². The first-order valence-corrected chi connectivity index (χ1v) is 7.37. The van der Waals surface area contributed by atoms with Gasteiger partial charge < -0.3 is 5.73 Å². The summed E-state index contributed by atoms with van der Waals surface area (Å²) >= 11 is 0. The summed E-state index contributed by atoms with van der Waals surface area (Å²) in [6, 6.07) is 1.22. The van der Waals surface area contributed by atoms with Crippen LogP contribution < -0.4 is 5.73 Å². The van der Waals surface area contributed by atoms with Gasteiger partial charge in [0.1, 0.15) is 0 Å². The number of piperazine rings is 1. The fourth-order valence-corrected chi connectivity index (χ4v) is 3.17. The minimum absolute atomic E-state index is 0.329. The van der Waals surface area contributed by atoms with Gasteiger partial charge >= 0.3 is 0 Å². The molecule has 0 spiro atoms. The molecule has 1 aliphatic carbocycles. The molecule has 3 rings (SSSR count). The summed E-state index contributed by atoms with van der Waals surface area (Å²) in [6.45, 7) is 7.46. The maximum atomic E-state index is 6.03. The Morgan fingerprint density at radius 2 is 2.00 bits per heavy atom. The molecule has 0 radical (unpaired) electrons. The second-order valence-electron chi connectivity index (χ2n) is 5.86. The summed E-state index contributed by atoms with van der Waals surface area (Å²) in [6.07, 6.45) is 4.80. The van der Waals surface area contributed by atoms with Crippen molar-refractivity contribution in [1.82, 2.24) is 19.6 Å². The Labute approximate surface area is 115 Å². The summed E-state index contributed by atoms with van der Waals surface area (Å²) < 4.78 is 1.94. The second kappa shape index (κ2) is 5.23. The van der Waals surface area contributed by atoms with Gasteiger partial charge in [0.15, 0.2) is 0 Å². The topological polar surface area (TPSA) is 50.3 Å². The number of nitrogens with zero attached hydrogens (tertiary/aromatic N) is 4. The highest BCUT2D eigenvalue weighted by Crippen LogP contribution is 2.29. The van der Waals surface area contributed by atoms with Crippen LogP contribution in [0.2, 0.25) is 0 Å². The van der Waals surface area contributed by atoms with Gasteiger partial charge in [0.05, 0.1) is 12.2 Å². The molecule has 2 fully saturated rings. The lowest BCUT2D eigenvalue weighted by Gasteiger charge is -2.39. The van der Waals surface area contributed by atoms with Crippen LogP contribution in [0.4, 0.5) is 0 Å². The highest BCUT2D eigenvalue weighted by atomic mass is 15.3. The van der Waals surface area contributed by atoms with Gasteiger partial charge in [-0.05, 0) is 19.8 Å². The van der Waals surface area contributed by atoms with Gasteiger partial charge in [0.2, 0.25) is 0 Å². The maximum Gasteiger partial charge on any atom is 0.0540 e. The molecule has 5 heteroatoms. The molecule has 2 aliphatic rings. The quantitative estimate of drug-likeness (QED) is 0.860. The number of nitrogens with two attached hydrogens (primary N) is 1. The van der Waals surface area contributed by atoms with E-state index in [-0.39, 0.29) is 0 Å². The first-order chi connectivity index (χ1) is 9.20. The van der Waals surface area contributed by atoms with E-state index in [1.165, 1.54) is 37.2 Å². The van der Waals surface area contributed by atoms with E-state index >= 15 is 0 Å². The fraction of sp³-hybridized carbons (Fsp3) is 0.786. The number of rotatable bonds is 4. The first kappa shape index (κ1) is 13.1. The Morgan fingerprint density at radius 3 is 2.47 bits per heavy atom. The summed E-state index contributed by atoms with van der Waals surface area (Å²) in [7, 11) is 2.00. The van der Waals surface area contributed by atoms with Crippen molar-refractivity contribution in [3.05, 3.63) is 17.5 Å². The minimum Gasteiger partial charge on any atom is -0.329 e. The van der Waals surface area contributed by atoms with Crippen LogP contribution in [-0.2, 0) is 7.05 Å². The van der Waals surface area contributed by atoms with E-state index < -0.39 is 0 Å². The van der Waals surface area contributed by atoms with Crippen LogP contribution in [0.25, 0.3) is 0 Å². The number of aromatic nitrogens is 2. The fourth-order valence-electron chi connectivity index (χ4n) is 3.17. The molecular formula is C14H25N5. The smallest absolute Gasteiger partial charge is 0.0540 e. The monoisotopic (exact) mass is 263 g/mol. The zero-order valence-corrected chi connectivity index (χ0v) is 12.0. The SMILES string of the molecule is Cc1c(C(CN)N2CCN(C3CC3)CC2)cnn1C. The Kier molecular flexibility index (Phi) is 3.60. The van der Waals surface area contributed by atoms with E-state index in [1.807, 2.05) is 17.9 Å². The molecular weight excluding hydrogens is 238 g/mol. The van der Waals surface area contributed by atoms with Crippen molar-refractivity contribution in [3.8, 4) is 0 Å². The third-order valence-electron chi connectivity index (χ3n) is 4.71. The first-order valence-electron chi connectivity index (χ1n) is 7.37. The predicted octanol–water partition coefficient (Wildman–Crippen LogP) is 0.508. The Morgan fingerprint density at radius 1 is 1.32 bits per heavy atom. The van der Waals surface area contributed by atoms with Crippen LogP contribution in [0.3, 0.4) is 0 Å². The van der Waals surface area contributed by atoms with Gasteiger partial charge in [-0.25, -0.2) is 0 Å². The molecule has 1 saturated heterocycles. The zero-order valence-electron chi connectivity index (χ0n) is 12.0. The molecule has 19 heavy (non-hydrogen) atoms. The lowest BCUT2D eigenvalue weighted by Crippen LogP contribution is -2.49. The molecule has 2 N–H and O–H groups in total. The average molecular weight is 263 g/mol. The molecule has 5 nitrogen and oxygen atoms in total. The number of hydrogen-bond donors (Lipinski definition) is 1.